The fourth-order valence-corrected chi connectivity index (χ4v) is 7.00. The Kier molecular flexibility index (Phi) is 2.69. The van der Waals surface area contributed by atoms with Crippen LogP contribution >= 0.6 is 0 Å². The molecule has 1 aromatic heterocycles. The van der Waals surface area contributed by atoms with E-state index in [2.05, 4.69) is 0 Å². The van der Waals surface area contributed by atoms with Crippen molar-refractivity contribution >= 4 is 54.3 Å². The highest BCUT2D eigenvalue weighted by molar-refractivity contribution is 6.22. The number of benzene rings is 9. The van der Waals surface area contributed by atoms with Gasteiger partial charge in [-0.2, -0.15) is 0 Å². The maximum absolute atomic E-state index is 9.92. The van der Waals surface area contributed by atoms with E-state index in [1.54, 1.807) is 0 Å². The van der Waals surface area contributed by atoms with Crippen molar-refractivity contribution in [1.82, 2.24) is 0 Å². The van der Waals surface area contributed by atoms with Crippen molar-refractivity contribution in [2.45, 2.75) is 19.3 Å². The molecule has 0 N–H and O–H groups in total. The summed E-state index contributed by atoms with van der Waals surface area (Å²) in [5, 5.41) is -4.50. The van der Waals surface area contributed by atoms with Gasteiger partial charge in [-0.25, -0.2) is 0 Å². The molecule has 0 amide bonds. The Morgan fingerprint density at radius 2 is 0.962 bits per heavy atom. The molecule has 10 aromatic rings. The molecule has 11 rings (SSSR count). The van der Waals surface area contributed by atoms with Crippen LogP contribution in [0.2, 0.25) is 0 Å². The van der Waals surface area contributed by atoms with E-state index < -0.39 is 257 Å². The topological polar surface area (TPSA) is 13.1 Å². The van der Waals surface area contributed by atoms with Crippen LogP contribution in [0.1, 0.15) is 63.4 Å². The molecule has 0 spiro atoms. The highest BCUT2D eigenvalue weighted by Gasteiger charge is 2.35. The third-order valence-corrected chi connectivity index (χ3v) is 9.44. The van der Waals surface area contributed by atoms with Crippen molar-refractivity contribution < 1.29 is 42.8 Å². The summed E-state index contributed by atoms with van der Waals surface area (Å²) in [4.78, 5) is 0. The van der Waals surface area contributed by atoms with Crippen LogP contribution in [0.25, 0.3) is 98.8 Å². The predicted molar refractivity (Wildman–Crippen MR) is 220 cm³/mol. The molecule has 1 aliphatic rings. The van der Waals surface area contributed by atoms with Gasteiger partial charge >= 0.3 is 0 Å². The van der Waals surface area contributed by atoms with E-state index >= 15 is 0 Å². The predicted octanol–water partition coefficient (Wildman–Crippen LogP) is 14.4. The van der Waals surface area contributed by atoms with E-state index in [0.717, 1.165) is 0 Å². The minimum atomic E-state index is -1.46. The van der Waals surface area contributed by atoms with Crippen LogP contribution in [0.15, 0.2) is 174 Å². The molecule has 0 saturated carbocycles. The van der Waals surface area contributed by atoms with Gasteiger partial charge in [0, 0.05) is 21.6 Å². The Hall–Kier alpha value is -6.44. The first-order chi connectivity index (χ1) is 37.2. The average Bonchev–Trinajstić information content (AvgIpc) is 4.11. The van der Waals surface area contributed by atoms with E-state index in [0.29, 0.717) is 0 Å². The number of furan rings is 1. The second-order valence-corrected chi connectivity index (χ2v) is 12.6. The summed E-state index contributed by atoms with van der Waals surface area (Å²) in [6, 6.07) is -23.6. The van der Waals surface area contributed by atoms with Crippen LogP contribution in [0.5, 0.6) is 0 Å². The fourth-order valence-electron chi connectivity index (χ4n) is 7.00. The normalized spacial score (nSPS) is 20.9. The van der Waals surface area contributed by atoms with Gasteiger partial charge in [-0.3, -0.25) is 0 Å². The lowest BCUT2D eigenvalue weighted by Crippen LogP contribution is -2.14. The van der Waals surface area contributed by atoms with E-state index in [-0.39, 0.29) is 27.6 Å². The van der Waals surface area contributed by atoms with Gasteiger partial charge in [0.2, 0.25) is 0 Å². The molecular formula is C51H34O. The van der Waals surface area contributed by atoms with Gasteiger partial charge < -0.3 is 4.42 Å². The Bertz CT molecular complexity index is 4600. The second-order valence-electron chi connectivity index (χ2n) is 12.6. The highest BCUT2D eigenvalue weighted by atomic mass is 16.3. The summed E-state index contributed by atoms with van der Waals surface area (Å²) in [5.74, 6) is 0. The molecule has 1 nitrogen and oxygen atoms in total. The summed E-state index contributed by atoms with van der Waals surface area (Å²) >= 11 is 0. The van der Waals surface area contributed by atoms with Gasteiger partial charge in [-0.15, -0.1) is 0 Å². The number of fused-ring (bicyclic) bond motifs is 10. The quantitative estimate of drug-likeness (QED) is 0.168. The molecule has 1 aliphatic carbocycles. The average molecular weight is 691 g/mol. The first-order valence-electron chi connectivity index (χ1n) is 29.9. The standard InChI is InChI=1S/C51H34O/c1-51(2)45-18-10-9-13-37(45)43-30-35(24-27-46(43)51)49-40-16-7-5-14-38(40)48(39-15-6-8-17-41(39)49)33-21-19-31(20-22-33)34-25-28-47-44(29-34)42-26-23-32-11-3-4-12-36(32)50(42)52-47/h3-30H,1-2H3/i3D,4D,5D,6D,7D,8D,9D,10D,11D,12D,13D,14D,15D,16D,17D,18D,19D,20D,21D,22D,23D,24D,25D,26D,27D,28D,29D,30D. The minimum Gasteiger partial charge on any atom is -0.455 e. The molecule has 0 radical (unpaired) electrons. The third kappa shape index (κ3) is 4.11. The van der Waals surface area contributed by atoms with Crippen molar-refractivity contribution in [1.29, 1.82) is 0 Å². The molecule has 52 heavy (non-hydrogen) atoms. The van der Waals surface area contributed by atoms with E-state index in [1.165, 1.54) is 13.8 Å². The monoisotopic (exact) mass is 690 g/mol. The molecule has 0 aliphatic heterocycles. The van der Waals surface area contributed by atoms with Crippen molar-refractivity contribution in [2.75, 3.05) is 0 Å². The molecular weight excluding hydrogens is 629 g/mol. The van der Waals surface area contributed by atoms with Crippen LogP contribution in [0, 0.1) is 0 Å². The first kappa shape index (κ1) is 13.0. The van der Waals surface area contributed by atoms with Crippen molar-refractivity contribution in [3.05, 3.63) is 180 Å². The SMILES string of the molecule is [2H]c1c([2H])c([2H])c2c(c1[2H])-c1c([2H])c(-c3c4c([2H])c([2H])c([2H])c([2H])c4c(-c4c([2H])c([2H])c(-c5c([2H])c([2H])c6oc7c8c([2H])c([2H])c([2H])c([2H])c8c([2H])c([2H])c7c6c5[2H])c([2H])c4[2H])c4c([2H])c([2H])c([2H])c([2H])c34)c([2H])c([2H])c1C2(C)C. The van der Waals surface area contributed by atoms with E-state index in [9.17, 15) is 17.8 Å². The second kappa shape index (κ2) is 10.8. The third-order valence-electron chi connectivity index (χ3n) is 9.44. The Morgan fingerprint density at radius 1 is 0.404 bits per heavy atom. The van der Waals surface area contributed by atoms with Crippen molar-refractivity contribution in [2.24, 2.45) is 0 Å². The summed E-state index contributed by atoms with van der Waals surface area (Å²) in [6.45, 7) is 3.06. The molecule has 1 heteroatoms. The van der Waals surface area contributed by atoms with Crippen LogP contribution in [0.3, 0.4) is 0 Å². The summed E-state index contributed by atoms with van der Waals surface area (Å²) in [6.07, 6.45) is 0. The zero-order valence-corrected chi connectivity index (χ0v) is 26.9. The van der Waals surface area contributed by atoms with Gasteiger partial charge in [0.1, 0.15) is 11.2 Å². The van der Waals surface area contributed by atoms with E-state index in [4.69, 9.17) is 25.0 Å². The zero-order chi connectivity index (χ0) is 58.9. The lowest BCUT2D eigenvalue weighted by Gasteiger charge is -2.22. The molecule has 1 heterocycles. The van der Waals surface area contributed by atoms with Gasteiger partial charge in [0.05, 0.1) is 38.4 Å². The first-order valence-corrected chi connectivity index (χ1v) is 15.9. The van der Waals surface area contributed by atoms with Crippen molar-refractivity contribution in [3.63, 3.8) is 0 Å². The zero-order valence-electron chi connectivity index (χ0n) is 54.9. The maximum atomic E-state index is 9.92. The number of hydrogen-bond acceptors (Lipinski definition) is 1. The molecule has 0 fully saturated rings. The van der Waals surface area contributed by atoms with Crippen molar-refractivity contribution in [3.8, 4) is 44.5 Å². The van der Waals surface area contributed by atoms with Gasteiger partial charge in [-0.1, -0.05) is 159 Å². The lowest BCUT2D eigenvalue weighted by atomic mass is 9.81. The molecule has 244 valence electrons. The number of hydrogen-bond donors (Lipinski definition) is 0. The molecule has 0 unspecified atom stereocenters. The highest BCUT2D eigenvalue weighted by Crippen LogP contribution is 2.51. The molecule has 9 aromatic carbocycles. The molecule has 0 atom stereocenters. The molecule has 0 saturated heterocycles. The maximum Gasteiger partial charge on any atom is 0.143 e. The van der Waals surface area contributed by atoms with Crippen LogP contribution < -0.4 is 0 Å². The van der Waals surface area contributed by atoms with E-state index in [1.807, 2.05) is 0 Å². The Balaban J connectivity index is 1.31. The van der Waals surface area contributed by atoms with Crippen LogP contribution in [-0.2, 0) is 5.41 Å². The Morgan fingerprint density at radius 3 is 1.69 bits per heavy atom. The largest absolute Gasteiger partial charge is 0.455 e. The summed E-state index contributed by atoms with van der Waals surface area (Å²) in [7, 11) is 0. The number of rotatable bonds is 3. The van der Waals surface area contributed by atoms with Gasteiger partial charge in [0.15, 0.2) is 0 Å². The summed E-state index contributed by atoms with van der Waals surface area (Å²) < 4.78 is 261. The van der Waals surface area contributed by atoms with Crippen LogP contribution in [0.4, 0.5) is 0 Å². The Labute approximate surface area is 341 Å². The molecule has 0 bridgehead atoms. The van der Waals surface area contributed by atoms with Crippen LogP contribution in [-0.4, -0.2) is 0 Å². The fraction of sp³-hybridized carbons (Fsp3) is 0.0588. The smallest absolute Gasteiger partial charge is 0.143 e. The minimum absolute atomic E-state index is 0.0278. The van der Waals surface area contributed by atoms with Gasteiger partial charge in [-0.05, 0) is 107 Å². The van der Waals surface area contributed by atoms with Gasteiger partial charge in [0.25, 0.3) is 0 Å². The summed E-state index contributed by atoms with van der Waals surface area (Å²) in [5.41, 5.74) is -7.55. The lowest BCUT2D eigenvalue weighted by molar-refractivity contribution is 0.660.